The van der Waals surface area contributed by atoms with Crippen molar-refractivity contribution in [2.75, 3.05) is 13.1 Å². The first-order valence-electron chi connectivity index (χ1n) is 12.8. The van der Waals surface area contributed by atoms with Gasteiger partial charge >= 0.3 is 6.18 Å². The van der Waals surface area contributed by atoms with Crippen LogP contribution < -0.4 is 5.56 Å². The molecule has 1 aliphatic heterocycles. The van der Waals surface area contributed by atoms with Crippen molar-refractivity contribution in [3.63, 3.8) is 0 Å². The lowest BCUT2D eigenvalue weighted by Crippen LogP contribution is -2.39. The van der Waals surface area contributed by atoms with Gasteiger partial charge in [-0.1, -0.05) is 62.4 Å². The molecule has 3 heterocycles. The zero-order valence-corrected chi connectivity index (χ0v) is 23.1. The van der Waals surface area contributed by atoms with Crippen LogP contribution in [0.3, 0.4) is 0 Å². The molecule has 5 rings (SSSR count). The summed E-state index contributed by atoms with van der Waals surface area (Å²) in [5.41, 5.74) is 0.921. The number of aromatic amines is 1. The Kier molecular flexibility index (Phi) is 7.07. The van der Waals surface area contributed by atoms with Crippen molar-refractivity contribution in [2.24, 2.45) is 0 Å². The van der Waals surface area contributed by atoms with Crippen molar-refractivity contribution in [2.45, 2.75) is 62.6 Å². The number of fused-ring (bicyclic) bond motifs is 1. The van der Waals surface area contributed by atoms with Gasteiger partial charge in [-0.15, -0.1) is 5.10 Å². The number of nitrogens with zero attached hydrogens (tertiary/aromatic N) is 5. The molecule has 2 aromatic heterocycles. The van der Waals surface area contributed by atoms with Crippen molar-refractivity contribution >= 4 is 21.2 Å². The van der Waals surface area contributed by atoms with Crippen molar-refractivity contribution in [3.8, 4) is 0 Å². The van der Waals surface area contributed by atoms with Crippen LogP contribution in [0.15, 0.2) is 58.2 Å². The minimum absolute atomic E-state index is 0.0128. The van der Waals surface area contributed by atoms with E-state index in [1.54, 1.807) is 4.68 Å². The first-order chi connectivity index (χ1) is 18.7. The van der Waals surface area contributed by atoms with E-state index >= 15 is 0 Å². The molecule has 1 N–H and O–H groups in total. The zero-order valence-electron chi connectivity index (χ0n) is 22.2. The lowest BCUT2D eigenvalue weighted by Gasteiger charge is -2.31. The van der Waals surface area contributed by atoms with Crippen LogP contribution in [0, 0.1) is 0 Å². The van der Waals surface area contributed by atoms with E-state index in [1.165, 1.54) is 11.6 Å². The molecule has 0 aliphatic carbocycles. The van der Waals surface area contributed by atoms with Crippen molar-refractivity contribution in [1.82, 2.24) is 29.3 Å². The van der Waals surface area contributed by atoms with Gasteiger partial charge in [-0.2, -0.15) is 17.5 Å². The average Bonchev–Trinajstić information content (AvgIpc) is 3.31. The van der Waals surface area contributed by atoms with Crippen LogP contribution >= 0.6 is 0 Å². The van der Waals surface area contributed by atoms with Gasteiger partial charge in [-0.3, -0.25) is 4.79 Å². The monoisotopic (exact) mass is 574 g/mol. The van der Waals surface area contributed by atoms with Crippen molar-refractivity contribution in [1.29, 1.82) is 0 Å². The number of aromatic nitrogens is 5. The minimum Gasteiger partial charge on any atom is -0.308 e. The molecule has 1 fully saturated rings. The quantitative estimate of drug-likeness (QED) is 0.377. The molecule has 2 aromatic carbocycles. The third-order valence-electron chi connectivity index (χ3n) is 7.20. The predicted octanol–water partition coefficient (Wildman–Crippen LogP) is 4.45. The molecule has 4 aromatic rings. The van der Waals surface area contributed by atoms with Gasteiger partial charge in [0.1, 0.15) is 5.82 Å². The largest absolute Gasteiger partial charge is 0.417 e. The Morgan fingerprint density at radius 2 is 1.65 bits per heavy atom. The van der Waals surface area contributed by atoms with Crippen LogP contribution in [-0.2, 0) is 28.2 Å². The smallest absolute Gasteiger partial charge is 0.308 e. The molecule has 9 nitrogen and oxygen atoms in total. The summed E-state index contributed by atoms with van der Waals surface area (Å²) < 4.78 is 69.2. The molecular formula is C27H29F3N6O3S. The zero-order chi connectivity index (χ0) is 28.9. The molecule has 0 spiro atoms. The first-order valence-corrected chi connectivity index (χ1v) is 14.3. The average molecular weight is 575 g/mol. The fourth-order valence-corrected chi connectivity index (χ4v) is 6.58. The third-order valence-corrected chi connectivity index (χ3v) is 9.15. The Hall–Kier alpha value is -3.58. The number of piperidine rings is 1. The van der Waals surface area contributed by atoms with Gasteiger partial charge < -0.3 is 4.98 Å². The van der Waals surface area contributed by atoms with Gasteiger partial charge in [0, 0.05) is 19.0 Å². The fraction of sp³-hybridized carbons (Fsp3) is 0.407. The van der Waals surface area contributed by atoms with Crippen LogP contribution in [0.4, 0.5) is 13.2 Å². The van der Waals surface area contributed by atoms with E-state index in [2.05, 4.69) is 53.2 Å². The number of hydrogen-bond acceptors (Lipinski definition) is 6. The summed E-state index contributed by atoms with van der Waals surface area (Å²) in [6, 6.07) is 12.3. The van der Waals surface area contributed by atoms with Gasteiger partial charge in [-0.05, 0) is 41.5 Å². The number of hydrogen-bond donors (Lipinski definition) is 1. The van der Waals surface area contributed by atoms with Gasteiger partial charge in [0.2, 0.25) is 10.0 Å². The summed E-state index contributed by atoms with van der Waals surface area (Å²) in [4.78, 5) is 19.4. The first kappa shape index (κ1) is 28.0. The molecule has 0 saturated carbocycles. The summed E-state index contributed by atoms with van der Waals surface area (Å²) in [6.07, 6.45) is -4.25. The van der Waals surface area contributed by atoms with Crippen LogP contribution in [0.2, 0.25) is 0 Å². The number of benzene rings is 2. The highest BCUT2D eigenvalue weighted by Crippen LogP contribution is 2.36. The highest BCUT2D eigenvalue weighted by atomic mass is 32.2. The highest BCUT2D eigenvalue weighted by Gasteiger charge is 2.40. The molecule has 40 heavy (non-hydrogen) atoms. The number of nitrogens with one attached hydrogen (secondary N) is 1. The van der Waals surface area contributed by atoms with Crippen LogP contribution in [0.1, 0.15) is 62.0 Å². The normalized spacial score (nSPS) is 16.1. The van der Waals surface area contributed by atoms with E-state index < -0.39 is 32.2 Å². The van der Waals surface area contributed by atoms with Crippen LogP contribution in [0.5, 0.6) is 0 Å². The molecule has 212 valence electrons. The van der Waals surface area contributed by atoms with Gasteiger partial charge in [0.05, 0.1) is 17.0 Å². The summed E-state index contributed by atoms with van der Waals surface area (Å²) in [7, 11) is -4.37. The van der Waals surface area contributed by atoms with E-state index in [0.29, 0.717) is 18.0 Å². The van der Waals surface area contributed by atoms with Gasteiger partial charge in [-0.25, -0.2) is 18.1 Å². The van der Waals surface area contributed by atoms with Crippen LogP contribution in [-0.4, -0.2) is 50.8 Å². The van der Waals surface area contributed by atoms with E-state index in [0.717, 1.165) is 28.1 Å². The molecule has 1 aliphatic rings. The minimum atomic E-state index is -4.80. The van der Waals surface area contributed by atoms with E-state index in [9.17, 15) is 26.4 Å². The maximum Gasteiger partial charge on any atom is 0.417 e. The summed E-state index contributed by atoms with van der Waals surface area (Å²) >= 11 is 0. The third kappa shape index (κ3) is 5.39. The maximum atomic E-state index is 13.5. The van der Waals surface area contributed by atoms with E-state index in [4.69, 9.17) is 0 Å². The number of H-pyrrole nitrogens is 1. The molecule has 0 atom stereocenters. The molecule has 0 radical (unpaired) electrons. The lowest BCUT2D eigenvalue weighted by molar-refractivity contribution is -0.139. The number of sulfonamides is 1. The van der Waals surface area contributed by atoms with Gasteiger partial charge in [0.15, 0.2) is 11.2 Å². The Bertz CT molecular complexity index is 1700. The van der Waals surface area contributed by atoms with E-state index in [-0.39, 0.29) is 42.8 Å². The summed E-state index contributed by atoms with van der Waals surface area (Å²) in [6.45, 7) is 6.72. The Balaban J connectivity index is 1.36. The maximum absolute atomic E-state index is 13.5. The molecular weight excluding hydrogens is 545 g/mol. The van der Waals surface area contributed by atoms with E-state index in [1.807, 2.05) is 12.1 Å². The fourth-order valence-electron chi connectivity index (χ4n) is 4.90. The topological polar surface area (TPSA) is 114 Å². The highest BCUT2D eigenvalue weighted by molar-refractivity contribution is 7.89. The summed E-state index contributed by atoms with van der Waals surface area (Å²) in [5, 5.41) is 8.11. The van der Waals surface area contributed by atoms with Crippen molar-refractivity contribution in [3.05, 3.63) is 81.4 Å². The molecule has 1 saturated heterocycles. The molecule has 0 amide bonds. The van der Waals surface area contributed by atoms with Crippen LogP contribution in [0.25, 0.3) is 11.2 Å². The number of rotatable bonds is 5. The van der Waals surface area contributed by atoms with Crippen molar-refractivity contribution < 1.29 is 21.6 Å². The standard InChI is InChI=1S/C27H29F3N6O3S/c1-26(2,3)19-10-8-17(9-11-19)16-36-24-22(33-34-36)25(37)32-23(31-24)18-12-14-35(15-13-18)40(38,39)21-7-5-4-6-20(21)27(28,29)30/h4-11,18H,12-16H2,1-3H3,(H,31,32,37). The summed E-state index contributed by atoms with van der Waals surface area (Å²) in [5.74, 6) is 0.0766. The number of halogens is 3. The second-order valence-corrected chi connectivity index (χ2v) is 12.9. The second kappa shape index (κ2) is 10.1. The van der Waals surface area contributed by atoms with Gasteiger partial charge in [0.25, 0.3) is 5.56 Å². The number of alkyl halides is 3. The molecule has 0 unspecified atom stereocenters. The second-order valence-electron chi connectivity index (χ2n) is 11.0. The Morgan fingerprint density at radius 1 is 1.00 bits per heavy atom. The SMILES string of the molecule is CC(C)(C)c1ccc(Cn2nnc3c(=O)[nH]c(C4CCN(S(=O)(=O)c5ccccc5C(F)(F)F)CC4)nc32)cc1. The Labute approximate surface area is 229 Å². The lowest BCUT2D eigenvalue weighted by atomic mass is 9.87. The Morgan fingerprint density at radius 3 is 2.27 bits per heavy atom. The predicted molar refractivity (Wildman–Crippen MR) is 142 cm³/mol. The molecule has 0 bridgehead atoms. The molecule has 13 heteroatoms.